The molecule has 1 heteroatoms. The van der Waals surface area contributed by atoms with Crippen LogP contribution in [0.5, 0.6) is 0 Å². The van der Waals surface area contributed by atoms with E-state index in [-0.39, 0.29) is 0 Å². The predicted molar refractivity (Wildman–Crippen MR) is 45.1 cm³/mol. The molecular weight excluding hydrogens is 122 g/mol. The molecule has 1 heterocycles. The third-order valence-electron chi connectivity index (χ3n) is 3.16. The highest BCUT2D eigenvalue weighted by Gasteiger charge is 2.43. The van der Waals surface area contributed by atoms with Gasteiger partial charge in [0.2, 0.25) is 0 Å². The van der Waals surface area contributed by atoms with Crippen molar-refractivity contribution >= 4 is 0 Å². The minimum absolute atomic E-state index is 0.488. The smallest absolute Gasteiger partial charge is 0.00355 e. The van der Waals surface area contributed by atoms with Crippen LogP contribution in [0.15, 0.2) is 0 Å². The van der Waals surface area contributed by atoms with Gasteiger partial charge < -0.3 is 4.90 Å². The van der Waals surface area contributed by atoms with Crippen LogP contribution in [0.2, 0.25) is 0 Å². The van der Waals surface area contributed by atoms with Crippen molar-refractivity contribution in [3.63, 3.8) is 0 Å². The first-order valence-corrected chi connectivity index (χ1v) is 4.04. The largest absolute Gasteiger partial charge is 0.305 e. The van der Waals surface area contributed by atoms with Crippen molar-refractivity contribution in [3.05, 3.63) is 0 Å². The third kappa shape index (κ3) is 1.07. The molecule has 0 atom stereocenters. The van der Waals surface area contributed by atoms with Gasteiger partial charge in [-0.15, -0.1) is 0 Å². The molecule has 0 radical (unpaired) electrons. The summed E-state index contributed by atoms with van der Waals surface area (Å²) in [6, 6.07) is 0. The van der Waals surface area contributed by atoms with E-state index in [1.165, 1.54) is 13.1 Å². The van der Waals surface area contributed by atoms with E-state index < -0.39 is 0 Å². The van der Waals surface area contributed by atoms with Crippen LogP contribution in [0.25, 0.3) is 0 Å². The van der Waals surface area contributed by atoms with Gasteiger partial charge >= 0.3 is 0 Å². The Kier molecular flexibility index (Phi) is 1.59. The minimum Gasteiger partial charge on any atom is -0.305 e. The number of rotatable bonds is 0. The van der Waals surface area contributed by atoms with E-state index in [2.05, 4.69) is 39.6 Å². The second kappa shape index (κ2) is 1.97. The summed E-state index contributed by atoms with van der Waals surface area (Å²) in [6.07, 6.45) is 0. The molecule has 0 amide bonds. The van der Waals surface area contributed by atoms with Crippen LogP contribution < -0.4 is 0 Å². The van der Waals surface area contributed by atoms with Crippen molar-refractivity contribution in [1.82, 2.24) is 4.90 Å². The SMILES string of the molecule is CN1CC(C)(C)C(C)(C)C1. The van der Waals surface area contributed by atoms with Gasteiger partial charge in [0.25, 0.3) is 0 Å². The maximum atomic E-state index is 2.42. The predicted octanol–water partition coefficient (Wildman–Crippen LogP) is 1.98. The number of hydrogen-bond acceptors (Lipinski definition) is 1. The lowest BCUT2D eigenvalue weighted by atomic mass is 9.71. The summed E-state index contributed by atoms with van der Waals surface area (Å²) in [5.41, 5.74) is 0.976. The molecule has 0 saturated carbocycles. The minimum atomic E-state index is 0.488. The summed E-state index contributed by atoms with van der Waals surface area (Å²) in [5, 5.41) is 0. The number of nitrogens with zero attached hydrogens (tertiary/aromatic N) is 1. The van der Waals surface area contributed by atoms with Gasteiger partial charge in [-0.25, -0.2) is 0 Å². The average Bonchev–Trinajstić information content (AvgIpc) is 1.73. The first kappa shape index (κ1) is 8.06. The Morgan fingerprint density at radius 2 is 1.20 bits per heavy atom. The molecule has 0 unspecified atom stereocenters. The van der Waals surface area contributed by atoms with E-state index in [4.69, 9.17) is 0 Å². The summed E-state index contributed by atoms with van der Waals surface area (Å²) in [6.45, 7) is 11.9. The Hall–Kier alpha value is -0.0400. The Morgan fingerprint density at radius 1 is 0.900 bits per heavy atom. The zero-order valence-corrected chi connectivity index (χ0v) is 7.86. The lowest BCUT2D eigenvalue weighted by Gasteiger charge is -2.33. The quantitative estimate of drug-likeness (QED) is 0.498. The fourth-order valence-corrected chi connectivity index (χ4v) is 1.83. The maximum absolute atomic E-state index is 2.42. The fraction of sp³-hybridized carbons (Fsp3) is 1.00. The van der Waals surface area contributed by atoms with Crippen LogP contribution in [0, 0.1) is 10.8 Å². The molecule has 1 fully saturated rings. The Morgan fingerprint density at radius 3 is 1.30 bits per heavy atom. The van der Waals surface area contributed by atoms with Gasteiger partial charge in [-0.3, -0.25) is 0 Å². The summed E-state index contributed by atoms with van der Waals surface area (Å²) < 4.78 is 0. The van der Waals surface area contributed by atoms with Crippen molar-refractivity contribution < 1.29 is 0 Å². The van der Waals surface area contributed by atoms with Crippen molar-refractivity contribution in [3.8, 4) is 0 Å². The summed E-state index contributed by atoms with van der Waals surface area (Å²) >= 11 is 0. The maximum Gasteiger partial charge on any atom is 0.00355 e. The van der Waals surface area contributed by atoms with Gasteiger partial charge in [-0.2, -0.15) is 0 Å². The molecule has 1 saturated heterocycles. The highest BCUT2D eigenvalue weighted by molar-refractivity contribution is 4.95. The highest BCUT2D eigenvalue weighted by Crippen LogP contribution is 2.44. The van der Waals surface area contributed by atoms with Crippen LogP contribution >= 0.6 is 0 Å². The van der Waals surface area contributed by atoms with E-state index >= 15 is 0 Å². The zero-order valence-electron chi connectivity index (χ0n) is 7.86. The number of likely N-dealkylation sites (tertiary alicyclic amines) is 1. The second-order valence-electron chi connectivity index (χ2n) is 4.94. The molecule has 1 nitrogen and oxygen atoms in total. The summed E-state index contributed by atoms with van der Waals surface area (Å²) in [5.74, 6) is 0. The standard InChI is InChI=1S/C9H19N/c1-8(2)6-10(5)7-9(8,3)4/h6-7H2,1-5H3. The average molecular weight is 141 g/mol. The van der Waals surface area contributed by atoms with Crippen molar-refractivity contribution in [2.24, 2.45) is 10.8 Å². The summed E-state index contributed by atoms with van der Waals surface area (Å²) in [4.78, 5) is 2.42. The molecule has 0 aromatic rings. The lowest BCUT2D eigenvalue weighted by Crippen LogP contribution is -2.30. The zero-order chi connectivity index (χ0) is 7.99. The first-order chi connectivity index (χ1) is 4.35. The van der Waals surface area contributed by atoms with Gasteiger partial charge in [0.1, 0.15) is 0 Å². The molecule has 10 heavy (non-hydrogen) atoms. The molecule has 0 N–H and O–H groups in total. The Bertz CT molecular complexity index is 120. The van der Waals surface area contributed by atoms with Gasteiger partial charge in [0.05, 0.1) is 0 Å². The normalized spacial score (nSPS) is 30.9. The van der Waals surface area contributed by atoms with Crippen molar-refractivity contribution in [2.45, 2.75) is 27.7 Å². The topological polar surface area (TPSA) is 3.24 Å². The number of hydrogen-bond donors (Lipinski definition) is 0. The molecule has 0 aromatic carbocycles. The lowest BCUT2D eigenvalue weighted by molar-refractivity contribution is 0.184. The van der Waals surface area contributed by atoms with E-state index in [0.717, 1.165) is 0 Å². The first-order valence-electron chi connectivity index (χ1n) is 4.04. The molecule has 0 bridgehead atoms. The van der Waals surface area contributed by atoms with Crippen LogP contribution in [0.1, 0.15) is 27.7 Å². The fourth-order valence-electron chi connectivity index (χ4n) is 1.83. The van der Waals surface area contributed by atoms with Crippen LogP contribution in [0.3, 0.4) is 0 Å². The van der Waals surface area contributed by atoms with Gasteiger partial charge in [0.15, 0.2) is 0 Å². The van der Waals surface area contributed by atoms with E-state index in [1.54, 1.807) is 0 Å². The van der Waals surface area contributed by atoms with Gasteiger partial charge in [0, 0.05) is 13.1 Å². The molecular formula is C9H19N. The molecule has 0 aromatic heterocycles. The second-order valence-corrected chi connectivity index (χ2v) is 4.94. The Balaban J connectivity index is 2.78. The van der Waals surface area contributed by atoms with Crippen molar-refractivity contribution in [1.29, 1.82) is 0 Å². The van der Waals surface area contributed by atoms with Crippen LogP contribution in [-0.4, -0.2) is 25.0 Å². The van der Waals surface area contributed by atoms with Crippen molar-refractivity contribution in [2.75, 3.05) is 20.1 Å². The molecule has 1 rings (SSSR count). The molecule has 0 spiro atoms. The molecule has 60 valence electrons. The third-order valence-corrected chi connectivity index (χ3v) is 3.16. The van der Waals surface area contributed by atoms with Crippen LogP contribution in [0.4, 0.5) is 0 Å². The van der Waals surface area contributed by atoms with Gasteiger partial charge in [-0.1, -0.05) is 27.7 Å². The molecule has 1 aliphatic rings. The van der Waals surface area contributed by atoms with Gasteiger partial charge in [-0.05, 0) is 17.9 Å². The monoisotopic (exact) mass is 141 g/mol. The highest BCUT2D eigenvalue weighted by atomic mass is 15.1. The van der Waals surface area contributed by atoms with E-state index in [0.29, 0.717) is 10.8 Å². The van der Waals surface area contributed by atoms with E-state index in [1.807, 2.05) is 0 Å². The van der Waals surface area contributed by atoms with Crippen LogP contribution in [-0.2, 0) is 0 Å². The molecule has 1 aliphatic heterocycles. The molecule has 0 aliphatic carbocycles. The van der Waals surface area contributed by atoms with E-state index in [9.17, 15) is 0 Å². The summed E-state index contributed by atoms with van der Waals surface area (Å²) in [7, 11) is 2.20. The Labute approximate surface area is 64.4 Å².